The summed E-state index contributed by atoms with van der Waals surface area (Å²) in [5.41, 5.74) is 7.65. The molecule has 8 heavy (non-hydrogen) atoms. The van der Waals surface area contributed by atoms with Crippen LogP contribution >= 0.6 is 0 Å². The van der Waals surface area contributed by atoms with Gasteiger partial charge in [0, 0.05) is 5.70 Å². The van der Waals surface area contributed by atoms with Gasteiger partial charge < -0.3 is 11.1 Å². The van der Waals surface area contributed by atoms with E-state index in [1.54, 1.807) is 0 Å². The van der Waals surface area contributed by atoms with E-state index in [9.17, 15) is 0 Å². The molecule has 0 spiro atoms. The van der Waals surface area contributed by atoms with Gasteiger partial charge in [0.2, 0.25) is 0 Å². The Morgan fingerprint density at radius 1 is 1.75 bits per heavy atom. The van der Waals surface area contributed by atoms with Crippen LogP contribution in [0.4, 0.5) is 0 Å². The average Bonchev–Trinajstić information content (AvgIpc) is 1.77. The van der Waals surface area contributed by atoms with Crippen molar-refractivity contribution in [2.24, 2.45) is 5.73 Å². The Balaban J connectivity index is 2.76. The number of rotatable bonds is 0. The van der Waals surface area contributed by atoms with E-state index in [0.29, 0.717) is 0 Å². The molecule has 2 nitrogen and oxygen atoms in total. The first-order valence-electron chi connectivity index (χ1n) is 2.66. The molecule has 1 heterocycles. The standard InChI is InChI=1S/C6H10N2/c1-5-2-3-8-4-6(5)7/h2-3,8H,4,7H2,1H3. The van der Waals surface area contributed by atoms with Crippen molar-refractivity contribution in [3.05, 3.63) is 23.5 Å². The van der Waals surface area contributed by atoms with Gasteiger partial charge in [0.15, 0.2) is 0 Å². The van der Waals surface area contributed by atoms with Crippen LogP contribution in [0, 0.1) is 0 Å². The van der Waals surface area contributed by atoms with Crippen molar-refractivity contribution >= 4 is 0 Å². The van der Waals surface area contributed by atoms with Crippen LogP contribution in [0.15, 0.2) is 23.5 Å². The smallest absolute Gasteiger partial charge is 0.0543 e. The molecule has 0 aromatic heterocycles. The lowest BCUT2D eigenvalue weighted by atomic mass is 10.2. The summed E-state index contributed by atoms with van der Waals surface area (Å²) in [5.74, 6) is 0. The molecular weight excluding hydrogens is 100 g/mol. The molecule has 1 rings (SSSR count). The first-order valence-corrected chi connectivity index (χ1v) is 2.66. The van der Waals surface area contributed by atoms with Crippen molar-refractivity contribution in [3.63, 3.8) is 0 Å². The first kappa shape index (κ1) is 5.22. The minimum Gasteiger partial charge on any atom is -0.400 e. The number of dihydropyridines is 1. The highest BCUT2D eigenvalue weighted by molar-refractivity contribution is 5.25. The van der Waals surface area contributed by atoms with Gasteiger partial charge in [-0.15, -0.1) is 0 Å². The Morgan fingerprint density at radius 3 is 2.88 bits per heavy atom. The predicted molar refractivity (Wildman–Crippen MR) is 34.0 cm³/mol. The molecule has 1 aliphatic heterocycles. The minimum atomic E-state index is 0.794. The second-order valence-corrected chi connectivity index (χ2v) is 1.92. The monoisotopic (exact) mass is 110 g/mol. The lowest BCUT2D eigenvalue weighted by molar-refractivity contribution is 0.890. The molecule has 0 unspecified atom stereocenters. The van der Waals surface area contributed by atoms with Crippen LogP contribution < -0.4 is 11.1 Å². The molecule has 0 saturated heterocycles. The summed E-state index contributed by atoms with van der Waals surface area (Å²) in [4.78, 5) is 0. The van der Waals surface area contributed by atoms with Gasteiger partial charge in [-0.2, -0.15) is 0 Å². The van der Waals surface area contributed by atoms with Crippen molar-refractivity contribution in [1.29, 1.82) is 0 Å². The van der Waals surface area contributed by atoms with E-state index in [1.807, 2.05) is 19.2 Å². The van der Waals surface area contributed by atoms with Crippen LogP contribution in [-0.4, -0.2) is 6.54 Å². The third kappa shape index (κ3) is 0.832. The average molecular weight is 110 g/mol. The molecule has 0 radical (unpaired) electrons. The predicted octanol–water partition coefficient (Wildman–Crippen LogP) is 0.336. The van der Waals surface area contributed by atoms with Gasteiger partial charge in [-0.3, -0.25) is 0 Å². The highest BCUT2D eigenvalue weighted by atomic mass is 14.9. The van der Waals surface area contributed by atoms with Crippen molar-refractivity contribution in [2.45, 2.75) is 6.92 Å². The lowest BCUT2D eigenvalue weighted by Crippen LogP contribution is -2.19. The Labute approximate surface area is 49.1 Å². The molecule has 44 valence electrons. The minimum absolute atomic E-state index is 0.794. The summed E-state index contributed by atoms with van der Waals surface area (Å²) in [5, 5.41) is 3.00. The molecule has 2 heteroatoms. The van der Waals surface area contributed by atoms with E-state index in [4.69, 9.17) is 5.73 Å². The first-order chi connectivity index (χ1) is 3.80. The lowest BCUT2D eigenvalue weighted by Gasteiger charge is -2.08. The van der Waals surface area contributed by atoms with E-state index in [0.717, 1.165) is 12.2 Å². The quantitative estimate of drug-likeness (QED) is 0.471. The highest BCUT2D eigenvalue weighted by Crippen LogP contribution is 2.01. The molecular formula is C6H10N2. The molecule has 0 aromatic rings. The Hall–Kier alpha value is -0.920. The maximum Gasteiger partial charge on any atom is 0.0543 e. The van der Waals surface area contributed by atoms with E-state index in [-0.39, 0.29) is 0 Å². The number of nitrogens with one attached hydrogen (secondary N) is 1. The molecule has 0 atom stereocenters. The second kappa shape index (κ2) is 1.90. The SMILES string of the molecule is CC1=C(N)CNC=C1. The van der Waals surface area contributed by atoms with Crippen molar-refractivity contribution in [2.75, 3.05) is 6.54 Å². The van der Waals surface area contributed by atoms with Crippen LogP contribution in [0.1, 0.15) is 6.92 Å². The van der Waals surface area contributed by atoms with Crippen molar-refractivity contribution in [3.8, 4) is 0 Å². The molecule has 0 aromatic carbocycles. The van der Waals surface area contributed by atoms with Crippen molar-refractivity contribution < 1.29 is 0 Å². The number of allylic oxidation sites excluding steroid dienone is 2. The fourth-order valence-electron chi connectivity index (χ4n) is 0.599. The molecule has 0 saturated carbocycles. The van der Waals surface area contributed by atoms with E-state index < -0.39 is 0 Å². The zero-order valence-electron chi connectivity index (χ0n) is 4.94. The second-order valence-electron chi connectivity index (χ2n) is 1.92. The van der Waals surface area contributed by atoms with E-state index >= 15 is 0 Å². The van der Waals surface area contributed by atoms with E-state index in [1.165, 1.54) is 5.57 Å². The molecule has 1 aliphatic rings. The Morgan fingerprint density at radius 2 is 2.50 bits per heavy atom. The largest absolute Gasteiger partial charge is 0.400 e. The maximum atomic E-state index is 5.54. The zero-order valence-corrected chi connectivity index (χ0v) is 4.94. The van der Waals surface area contributed by atoms with Crippen LogP contribution in [0.2, 0.25) is 0 Å². The van der Waals surface area contributed by atoms with Crippen LogP contribution in [-0.2, 0) is 0 Å². The highest BCUT2D eigenvalue weighted by Gasteiger charge is 1.95. The summed E-state index contributed by atoms with van der Waals surface area (Å²) in [6, 6.07) is 0. The maximum absolute atomic E-state index is 5.54. The van der Waals surface area contributed by atoms with Gasteiger partial charge in [0.05, 0.1) is 6.54 Å². The summed E-state index contributed by atoms with van der Waals surface area (Å²) < 4.78 is 0. The topological polar surface area (TPSA) is 38.0 Å². The third-order valence-corrected chi connectivity index (χ3v) is 1.25. The zero-order chi connectivity index (χ0) is 5.98. The summed E-state index contributed by atoms with van der Waals surface area (Å²) in [6.07, 6.45) is 3.88. The van der Waals surface area contributed by atoms with Crippen molar-refractivity contribution in [1.82, 2.24) is 5.32 Å². The number of hydrogen-bond donors (Lipinski definition) is 2. The third-order valence-electron chi connectivity index (χ3n) is 1.25. The summed E-state index contributed by atoms with van der Waals surface area (Å²) in [7, 11) is 0. The molecule has 0 bridgehead atoms. The fourth-order valence-corrected chi connectivity index (χ4v) is 0.599. The molecule has 0 fully saturated rings. The molecule has 0 amide bonds. The van der Waals surface area contributed by atoms with Crippen LogP contribution in [0.25, 0.3) is 0 Å². The Bertz CT molecular complexity index is 145. The van der Waals surface area contributed by atoms with Gasteiger partial charge in [0.1, 0.15) is 0 Å². The van der Waals surface area contributed by atoms with Crippen LogP contribution in [0.3, 0.4) is 0 Å². The van der Waals surface area contributed by atoms with E-state index in [2.05, 4.69) is 5.32 Å². The number of hydrogen-bond acceptors (Lipinski definition) is 2. The normalized spacial score (nSPS) is 18.6. The van der Waals surface area contributed by atoms with Gasteiger partial charge in [0.25, 0.3) is 0 Å². The number of nitrogens with two attached hydrogens (primary N) is 1. The van der Waals surface area contributed by atoms with Crippen LogP contribution in [0.5, 0.6) is 0 Å². The molecule has 3 N–H and O–H groups in total. The Kier molecular flexibility index (Phi) is 1.24. The van der Waals surface area contributed by atoms with Gasteiger partial charge >= 0.3 is 0 Å². The van der Waals surface area contributed by atoms with Gasteiger partial charge in [-0.25, -0.2) is 0 Å². The summed E-state index contributed by atoms with van der Waals surface area (Å²) >= 11 is 0. The molecule has 0 aliphatic carbocycles. The summed E-state index contributed by atoms with van der Waals surface area (Å²) in [6.45, 7) is 2.80. The van der Waals surface area contributed by atoms with Gasteiger partial charge in [-0.1, -0.05) is 0 Å². The fraction of sp³-hybridized carbons (Fsp3) is 0.333. The van der Waals surface area contributed by atoms with Gasteiger partial charge in [-0.05, 0) is 24.8 Å².